The molecule has 0 spiro atoms. The standard InChI is InChI=1S/C11H17N3O2S/c12-7-3-9-14(10-5-6-10)17(15,16)11-4-1-2-8-13-11/h1-2,4,8,10H,3,5-7,9,12H2. The van der Waals surface area contributed by atoms with Gasteiger partial charge in [0.2, 0.25) is 0 Å². The molecule has 0 aliphatic heterocycles. The summed E-state index contributed by atoms with van der Waals surface area (Å²) >= 11 is 0. The molecule has 5 nitrogen and oxygen atoms in total. The van der Waals surface area contributed by atoms with Crippen LogP contribution in [-0.2, 0) is 10.0 Å². The lowest BCUT2D eigenvalue weighted by Crippen LogP contribution is -2.35. The van der Waals surface area contributed by atoms with Gasteiger partial charge in [-0.2, -0.15) is 4.31 Å². The SMILES string of the molecule is NCCCN(C1CC1)S(=O)(=O)c1ccccn1. The first-order valence-corrected chi connectivity index (χ1v) is 7.23. The van der Waals surface area contributed by atoms with Crippen LogP contribution in [0.5, 0.6) is 0 Å². The lowest BCUT2D eigenvalue weighted by molar-refractivity contribution is 0.397. The van der Waals surface area contributed by atoms with Gasteiger partial charge in [0.15, 0.2) is 5.03 Å². The second kappa shape index (κ2) is 5.12. The van der Waals surface area contributed by atoms with Gasteiger partial charge in [0, 0.05) is 18.8 Å². The molecule has 94 valence electrons. The molecule has 0 bridgehead atoms. The number of rotatable bonds is 6. The monoisotopic (exact) mass is 255 g/mol. The van der Waals surface area contributed by atoms with Crippen molar-refractivity contribution in [1.29, 1.82) is 0 Å². The van der Waals surface area contributed by atoms with E-state index >= 15 is 0 Å². The first-order chi connectivity index (χ1) is 8.16. The smallest absolute Gasteiger partial charge is 0.260 e. The minimum Gasteiger partial charge on any atom is -0.330 e. The van der Waals surface area contributed by atoms with Gasteiger partial charge in [-0.25, -0.2) is 13.4 Å². The molecule has 0 aromatic carbocycles. The number of sulfonamides is 1. The number of hydrogen-bond donors (Lipinski definition) is 1. The van der Waals surface area contributed by atoms with Crippen LogP contribution in [0, 0.1) is 0 Å². The van der Waals surface area contributed by atoms with E-state index in [1.54, 1.807) is 16.4 Å². The summed E-state index contributed by atoms with van der Waals surface area (Å²) < 4.78 is 26.2. The van der Waals surface area contributed by atoms with Crippen LogP contribution in [0.3, 0.4) is 0 Å². The Morgan fingerprint density at radius 1 is 1.41 bits per heavy atom. The van der Waals surface area contributed by atoms with Gasteiger partial charge in [-0.3, -0.25) is 0 Å². The number of pyridine rings is 1. The highest BCUT2D eigenvalue weighted by molar-refractivity contribution is 7.89. The van der Waals surface area contributed by atoms with E-state index in [1.165, 1.54) is 12.3 Å². The number of nitrogens with zero attached hydrogens (tertiary/aromatic N) is 2. The summed E-state index contributed by atoms with van der Waals surface area (Å²) in [6.07, 6.45) is 4.07. The molecule has 1 heterocycles. The van der Waals surface area contributed by atoms with Crippen molar-refractivity contribution in [2.45, 2.75) is 30.3 Å². The van der Waals surface area contributed by atoms with E-state index in [4.69, 9.17) is 5.73 Å². The van der Waals surface area contributed by atoms with E-state index in [2.05, 4.69) is 4.98 Å². The van der Waals surface area contributed by atoms with E-state index in [0.29, 0.717) is 19.5 Å². The van der Waals surface area contributed by atoms with Crippen molar-refractivity contribution in [2.24, 2.45) is 5.73 Å². The Kier molecular flexibility index (Phi) is 3.76. The number of hydrogen-bond acceptors (Lipinski definition) is 4. The highest BCUT2D eigenvalue weighted by Gasteiger charge is 2.38. The minimum atomic E-state index is -3.44. The average Bonchev–Trinajstić information content (AvgIpc) is 3.15. The fraction of sp³-hybridized carbons (Fsp3) is 0.545. The van der Waals surface area contributed by atoms with E-state index in [-0.39, 0.29) is 11.1 Å². The molecule has 0 unspecified atom stereocenters. The molecular weight excluding hydrogens is 238 g/mol. The maximum absolute atomic E-state index is 12.3. The van der Waals surface area contributed by atoms with Crippen LogP contribution in [0.15, 0.2) is 29.4 Å². The summed E-state index contributed by atoms with van der Waals surface area (Å²) in [5.41, 5.74) is 5.44. The quantitative estimate of drug-likeness (QED) is 0.807. The fourth-order valence-corrected chi connectivity index (χ4v) is 3.39. The molecule has 0 amide bonds. The maximum Gasteiger partial charge on any atom is 0.260 e. The normalized spacial score (nSPS) is 16.4. The maximum atomic E-state index is 12.3. The Morgan fingerprint density at radius 2 is 2.18 bits per heavy atom. The predicted octanol–water partition coefficient (Wildman–Crippen LogP) is 0.583. The van der Waals surface area contributed by atoms with Crippen molar-refractivity contribution in [1.82, 2.24) is 9.29 Å². The molecule has 1 fully saturated rings. The molecule has 1 saturated carbocycles. The van der Waals surface area contributed by atoms with E-state index in [0.717, 1.165) is 12.8 Å². The van der Waals surface area contributed by atoms with Crippen LogP contribution in [0.25, 0.3) is 0 Å². The van der Waals surface area contributed by atoms with Crippen molar-refractivity contribution in [3.63, 3.8) is 0 Å². The lowest BCUT2D eigenvalue weighted by atomic mass is 10.4. The Bertz CT molecular complexity index is 457. The molecule has 1 aliphatic carbocycles. The Balaban J connectivity index is 2.22. The van der Waals surface area contributed by atoms with Crippen molar-refractivity contribution in [3.8, 4) is 0 Å². The zero-order valence-corrected chi connectivity index (χ0v) is 10.4. The van der Waals surface area contributed by atoms with Gasteiger partial charge >= 0.3 is 0 Å². The third-order valence-corrected chi connectivity index (χ3v) is 4.62. The summed E-state index contributed by atoms with van der Waals surface area (Å²) in [4.78, 5) is 3.93. The van der Waals surface area contributed by atoms with E-state index < -0.39 is 10.0 Å². The summed E-state index contributed by atoms with van der Waals surface area (Å²) in [5, 5.41) is 0.129. The topological polar surface area (TPSA) is 76.3 Å². The minimum absolute atomic E-state index is 0.129. The van der Waals surface area contributed by atoms with Crippen LogP contribution in [-0.4, -0.2) is 36.8 Å². The van der Waals surface area contributed by atoms with Gasteiger partial charge in [0.1, 0.15) is 0 Å². The number of nitrogens with two attached hydrogens (primary N) is 1. The van der Waals surface area contributed by atoms with Gasteiger partial charge in [-0.15, -0.1) is 0 Å². The molecular formula is C11H17N3O2S. The highest BCUT2D eigenvalue weighted by atomic mass is 32.2. The molecule has 0 radical (unpaired) electrons. The van der Waals surface area contributed by atoms with E-state index in [1.807, 2.05) is 0 Å². The molecule has 1 aromatic heterocycles. The zero-order chi connectivity index (χ0) is 12.3. The predicted molar refractivity (Wildman–Crippen MR) is 64.8 cm³/mol. The second-order valence-corrected chi connectivity index (χ2v) is 5.99. The van der Waals surface area contributed by atoms with Crippen LogP contribution in [0.1, 0.15) is 19.3 Å². The Labute approximate surface area is 102 Å². The van der Waals surface area contributed by atoms with Gasteiger partial charge in [-0.05, 0) is 37.9 Å². The summed E-state index contributed by atoms with van der Waals surface area (Å²) in [5.74, 6) is 0. The molecule has 1 aromatic rings. The highest BCUT2D eigenvalue weighted by Crippen LogP contribution is 2.31. The zero-order valence-electron chi connectivity index (χ0n) is 9.62. The van der Waals surface area contributed by atoms with Crippen LogP contribution >= 0.6 is 0 Å². The van der Waals surface area contributed by atoms with Crippen molar-refractivity contribution in [3.05, 3.63) is 24.4 Å². The molecule has 0 atom stereocenters. The van der Waals surface area contributed by atoms with Crippen LogP contribution in [0.2, 0.25) is 0 Å². The molecule has 17 heavy (non-hydrogen) atoms. The van der Waals surface area contributed by atoms with Crippen molar-refractivity contribution >= 4 is 10.0 Å². The van der Waals surface area contributed by atoms with E-state index in [9.17, 15) is 8.42 Å². The van der Waals surface area contributed by atoms with Gasteiger partial charge < -0.3 is 5.73 Å². The Hall–Kier alpha value is -0.980. The van der Waals surface area contributed by atoms with Gasteiger partial charge in [0.25, 0.3) is 10.0 Å². The first kappa shape index (κ1) is 12.5. The first-order valence-electron chi connectivity index (χ1n) is 5.79. The van der Waals surface area contributed by atoms with Gasteiger partial charge in [-0.1, -0.05) is 6.07 Å². The van der Waals surface area contributed by atoms with Gasteiger partial charge in [0.05, 0.1) is 0 Å². The largest absolute Gasteiger partial charge is 0.330 e. The number of aromatic nitrogens is 1. The third kappa shape index (κ3) is 2.83. The third-order valence-electron chi connectivity index (χ3n) is 2.75. The summed E-state index contributed by atoms with van der Waals surface area (Å²) in [7, 11) is -3.44. The average molecular weight is 255 g/mol. The molecule has 1 aliphatic rings. The molecule has 2 N–H and O–H groups in total. The van der Waals surface area contributed by atoms with Crippen molar-refractivity contribution in [2.75, 3.05) is 13.1 Å². The molecule has 6 heteroatoms. The molecule has 0 saturated heterocycles. The van der Waals surface area contributed by atoms with Crippen molar-refractivity contribution < 1.29 is 8.42 Å². The fourth-order valence-electron chi connectivity index (χ4n) is 1.73. The summed E-state index contributed by atoms with van der Waals surface area (Å²) in [6, 6.07) is 5.08. The summed E-state index contributed by atoms with van der Waals surface area (Å²) in [6.45, 7) is 0.987. The lowest BCUT2D eigenvalue weighted by Gasteiger charge is -2.20. The van der Waals surface area contributed by atoms with Crippen LogP contribution in [0.4, 0.5) is 0 Å². The molecule has 2 rings (SSSR count). The Morgan fingerprint density at radius 3 is 2.71 bits per heavy atom. The van der Waals surface area contributed by atoms with Crippen LogP contribution < -0.4 is 5.73 Å². The second-order valence-electron chi connectivity index (χ2n) is 4.16.